The molecule has 3 aliphatic rings. The zero-order chi connectivity index (χ0) is 15.3. The zero-order valence-electron chi connectivity index (χ0n) is 12.3. The Morgan fingerprint density at radius 1 is 0.950 bits per heavy atom. The summed E-state index contributed by atoms with van der Waals surface area (Å²) >= 11 is 0. The van der Waals surface area contributed by atoms with E-state index in [9.17, 15) is 25.2 Å². The van der Waals surface area contributed by atoms with E-state index in [-0.39, 0.29) is 11.1 Å². The first-order chi connectivity index (χ1) is 8.93. The maximum absolute atomic E-state index is 12.6. The van der Waals surface area contributed by atoms with Crippen molar-refractivity contribution in [1.29, 1.82) is 0 Å². The second-order valence-electron chi connectivity index (χ2n) is 7.51. The van der Waals surface area contributed by atoms with Gasteiger partial charge < -0.3 is 20.4 Å². The van der Waals surface area contributed by atoms with Crippen LogP contribution in [0.25, 0.3) is 0 Å². The van der Waals surface area contributed by atoms with Crippen molar-refractivity contribution in [3.8, 4) is 0 Å². The first kappa shape index (κ1) is 14.2. The van der Waals surface area contributed by atoms with E-state index >= 15 is 0 Å². The van der Waals surface area contributed by atoms with E-state index in [1.54, 1.807) is 13.8 Å². The highest BCUT2D eigenvalue weighted by molar-refractivity contribution is 6.06. The average Bonchev–Trinajstić information content (AvgIpc) is 3.10. The second kappa shape index (κ2) is 3.35. The minimum Gasteiger partial charge on any atom is -0.388 e. The number of rotatable bonds is 0. The fraction of sp³-hybridized carbons (Fsp3) is 0.800. The number of carbonyl (C=O) groups excluding carboxylic acids is 1. The summed E-state index contributed by atoms with van der Waals surface area (Å²) in [7, 11) is 0. The van der Waals surface area contributed by atoms with Crippen LogP contribution in [0.4, 0.5) is 0 Å². The Balaban J connectivity index is 2.28. The van der Waals surface area contributed by atoms with Crippen LogP contribution >= 0.6 is 0 Å². The molecule has 1 saturated carbocycles. The molecule has 0 radical (unpaired) electrons. The van der Waals surface area contributed by atoms with E-state index < -0.39 is 40.0 Å². The van der Waals surface area contributed by atoms with Gasteiger partial charge in [-0.05, 0) is 26.7 Å². The summed E-state index contributed by atoms with van der Waals surface area (Å²) in [6.07, 6.45) is -1.23. The fourth-order valence-corrected chi connectivity index (χ4v) is 4.27. The van der Waals surface area contributed by atoms with Crippen LogP contribution in [0, 0.1) is 10.8 Å². The Labute approximate surface area is 117 Å². The molecule has 3 aliphatic carbocycles. The highest BCUT2D eigenvalue weighted by Gasteiger charge is 2.76. The summed E-state index contributed by atoms with van der Waals surface area (Å²) in [4.78, 5) is 12.6. The normalized spacial score (nSPS) is 48.7. The van der Waals surface area contributed by atoms with Crippen LogP contribution in [0.15, 0.2) is 11.1 Å². The molecule has 4 atom stereocenters. The summed E-state index contributed by atoms with van der Waals surface area (Å²) in [5.41, 5.74) is -4.92. The molecule has 0 unspecified atom stereocenters. The third-order valence-electron chi connectivity index (χ3n) is 6.07. The van der Waals surface area contributed by atoms with Crippen molar-refractivity contribution in [3.63, 3.8) is 0 Å². The smallest absolute Gasteiger partial charge is 0.193 e. The van der Waals surface area contributed by atoms with Crippen molar-refractivity contribution in [2.45, 2.75) is 63.9 Å². The number of hydrogen-bond acceptors (Lipinski definition) is 5. The molecule has 3 rings (SSSR count). The van der Waals surface area contributed by atoms with Crippen molar-refractivity contribution < 1.29 is 25.2 Å². The van der Waals surface area contributed by atoms with Gasteiger partial charge >= 0.3 is 0 Å². The lowest BCUT2D eigenvalue weighted by molar-refractivity contribution is -0.160. The maximum atomic E-state index is 12.6. The number of aliphatic hydroxyl groups is 4. The van der Waals surface area contributed by atoms with Crippen LogP contribution in [0.1, 0.15) is 40.5 Å². The first-order valence-electron chi connectivity index (χ1n) is 7.03. The zero-order valence-corrected chi connectivity index (χ0v) is 12.3. The molecule has 0 aromatic carbocycles. The van der Waals surface area contributed by atoms with E-state index in [1.165, 1.54) is 13.8 Å². The van der Waals surface area contributed by atoms with Gasteiger partial charge in [0.1, 0.15) is 5.60 Å². The SMILES string of the molecule is CC1(C)[C@@H](O)C2=C([C@@H]1O)[C@@](C)(O)C1(CC1)[C@](C)(O)C2=O. The molecule has 0 heterocycles. The van der Waals surface area contributed by atoms with Gasteiger partial charge in [0.2, 0.25) is 0 Å². The molecule has 5 nitrogen and oxygen atoms in total. The lowest BCUT2D eigenvalue weighted by Gasteiger charge is -2.48. The molecule has 0 saturated heterocycles. The predicted octanol–water partition coefficient (Wildman–Crippen LogP) is -0.0905. The molecular formula is C15H22O5. The van der Waals surface area contributed by atoms with Crippen LogP contribution in [-0.2, 0) is 4.79 Å². The summed E-state index contributed by atoms with van der Waals surface area (Å²) < 4.78 is 0. The Hall–Kier alpha value is -0.750. The van der Waals surface area contributed by atoms with E-state index in [1.807, 2.05) is 0 Å². The summed E-state index contributed by atoms with van der Waals surface area (Å²) in [6.45, 7) is 6.25. The average molecular weight is 282 g/mol. The molecule has 1 fully saturated rings. The van der Waals surface area contributed by atoms with E-state index in [0.29, 0.717) is 12.8 Å². The van der Waals surface area contributed by atoms with Gasteiger partial charge in [0, 0.05) is 22.0 Å². The minimum atomic E-state index is -1.71. The monoisotopic (exact) mass is 282 g/mol. The topological polar surface area (TPSA) is 98.0 Å². The Morgan fingerprint density at radius 2 is 1.45 bits per heavy atom. The van der Waals surface area contributed by atoms with Crippen molar-refractivity contribution in [3.05, 3.63) is 11.1 Å². The first-order valence-corrected chi connectivity index (χ1v) is 7.03. The van der Waals surface area contributed by atoms with Crippen LogP contribution in [0.3, 0.4) is 0 Å². The molecule has 20 heavy (non-hydrogen) atoms. The Kier molecular flexibility index (Phi) is 2.38. The summed E-state index contributed by atoms with van der Waals surface area (Å²) in [5.74, 6) is -0.561. The molecule has 0 aliphatic heterocycles. The molecule has 0 aromatic rings. The van der Waals surface area contributed by atoms with Gasteiger partial charge in [-0.15, -0.1) is 0 Å². The predicted molar refractivity (Wildman–Crippen MR) is 70.7 cm³/mol. The van der Waals surface area contributed by atoms with Crippen molar-refractivity contribution in [1.82, 2.24) is 0 Å². The second-order valence-corrected chi connectivity index (χ2v) is 7.51. The van der Waals surface area contributed by atoms with E-state index in [4.69, 9.17) is 0 Å². The van der Waals surface area contributed by atoms with Crippen LogP contribution < -0.4 is 0 Å². The molecule has 112 valence electrons. The number of ketones is 1. The third-order valence-corrected chi connectivity index (χ3v) is 6.07. The number of aliphatic hydroxyl groups excluding tert-OH is 2. The van der Waals surface area contributed by atoms with Crippen molar-refractivity contribution >= 4 is 5.78 Å². The van der Waals surface area contributed by atoms with Crippen molar-refractivity contribution in [2.75, 3.05) is 0 Å². The highest BCUT2D eigenvalue weighted by Crippen LogP contribution is 2.68. The third kappa shape index (κ3) is 1.18. The van der Waals surface area contributed by atoms with E-state index in [2.05, 4.69) is 0 Å². The molecule has 4 N–H and O–H groups in total. The summed E-state index contributed by atoms with van der Waals surface area (Å²) in [6, 6.07) is 0. The number of carbonyl (C=O) groups is 1. The highest BCUT2D eigenvalue weighted by atomic mass is 16.3. The largest absolute Gasteiger partial charge is 0.388 e. The van der Waals surface area contributed by atoms with Crippen molar-refractivity contribution in [2.24, 2.45) is 10.8 Å². The van der Waals surface area contributed by atoms with Crippen LogP contribution in [0.5, 0.6) is 0 Å². The van der Waals surface area contributed by atoms with E-state index in [0.717, 1.165) is 0 Å². The number of Topliss-reactive ketones (excluding diaryl/α,β-unsaturated/α-hetero) is 1. The van der Waals surface area contributed by atoms with Gasteiger partial charge in [-0.2, -0.15) is 0 Å². The number of hydrogen-bond donors (Lipinski definition) is 4. The van der Waals surface area contributed by atoms with Crippen LogP contribution in [0.2, 0.25) is 0 Å². The van der Waals surface area contributed by atoms with Gasteiger partial charge in [0.15, 0.2) is 5.78 Å². The van der Waals surface area contributed by atoms with Gasteiger partial charge in [0.25, 0.3) is 0 Å². The molecule has 0 bridgehead atoms. The molecule has 5 heteroatoms. The molecular weight excluding hydrogens is 260 g/mol. The molecule has 0 aromatic heterocycles. The fourth-order valence-electron chi connectivity index (χ4n) is 4.27. The van der Waals surface area contributed by atoms with Gasteiger partial charge in [-0.25, -0.2) is 0 Å². The van der Waals surface area contributed by atoms with Gasteiger partial charge in [0.05, 0.1) is 17.8 Å². The molecule has 1 spiro atoms. The maximum Gasteiger partial charge on any atom is 0.193 e. The lowest BCUT2D eigenvalue weighted by Crippen LogP contribution is -2.61. The van der Waals surface area contributed by atoms with Gasteiger partial charge in [-0.3, -0.25) is 4.79 Å². The minimum absolute atomic E-state index is 0.00461. The quantitative estimate of drug-likeness (QED) is 0.498. The lowest BCUT2D eigenvalue weighted by atomic mass is 9.61. The Bertz CT molecular complexity index is 536. The standard InChI is InChI=1S/C15H22O5/c1-12(2)9(16)7-8(11(12)18)13(3,19)15(5-6-15)14(4,20)10(7)17/h9,11,16,18-20H,5-6H2,1-4H3/t9-,11-,13+,14+/m0/s1. The summed E-state index contributed by atoms with van der Waals surface area (Å²) in [5, 5.41) is 42.5. The van der Waals surface area contributed by atoms with Gasteiger partial charge in [-0.1, -0.05) is 13.8 Å². The molecule has 0 amide bonds. The van der Waals surface area contributed by atoms with Crippen LogP contribution in [-0.4, -0.2) is 49.6 Å². The Morgan fingerprint density at radius 3 is 1.90 bits per heavy atom.